The van der Waals surface area contributed by atoms with Crippen molar-refractivity contribution in [2.75, 3.05) is 13.1 Å². The molecule has 1 fully saturated rings. The van der Waals surface area contributed by atoms with Gasteiger partial charge in [0.25, 0.3) is 10.0 Å². The molecule has 3 aromatic rings. The number of aliphatic carboxylic acids is 1. The minimum atomic E-state index is -4.07. The third-order valence-electron chi connectivity index (χ3n) is 9.78. The minimum Gasteiger partial charge on any atom is -0.487 e. The summed E-state index contributed by atoms with van der Waals surface area (Å²) in [5.74, 6) is 0.326. The van der Waals surface area contributed by atoms with Crippen LogP contribution in [0.1, 0.15) is 83.7 Å². The van der Waals surface area contributed by atoms with E-state index in [9.17, 15) is 18.3 Å². The summed E-state index contributed by atoms with van der Waals surface area (Å²) in [5, 5.41) is 9.38. The Morgan fingerprint density at radius 1 is 0.956 bits per heavy atom. The predicted octanol–water partition coefficient (Wildman–Crippen LogP) is 6.03. The van der Waals surface area contributed by atoms with Crippen molar-refractivity contribution in [3.05, 3.63) is 93.0 Å². The van der Waals surface area contributed by atoms with Gasteiger partial charge in [0.15, 0.2) is 0 Å². The van der Waals surface area contributed by atoms with Crippen molar-refractivity contribution in [1.29, 1.82) is 0 Å². The first-order valence-electron chi connectivity index (χ1n) is 15.9. The number of nitrogens with zero attached hydrogens (tertiary/aromatic N) is 2. The molecule has 1 saturated heterocycles. The van der Waals surface area contributed by atoms with Crippen LogP contribution >= 0.6 is 0 Å². The summed E-state index contributed by atoms with van der Waals surface area (Å²) >= 11 is 0. The van der Waals surface area contributed by atoms with Gasteiger partial charge in [-0.3, -0.25) is 4.79 Å². The number of sulfonamides is 1. The molecule has 2 aliphatic heterocycles. The zero-order valence-electron chi connectivity index (χ0n) is 26.8. The van der Waals surface area contributed by atoms with Crippen molar-refractivity contribution < 1.29 is 23.1 Å². The number of carboxylic acid groups (broad SMARTS) is 1. The van der Waals surface area contributed by atoms with Crippen LogP contribution in [0.5, 0.6) is 5.75 Å². The van der Waals surface area contributed by atoms with Gasteiger partial charge in [-0.2, -0.15) is 0 Å². The maximum Gasteiger partial charge on any atom is 0.303 e. The highest BCUT2D eigenvalue weighted by molar-refractivity contribution is 7.90. The van der Waals surface area contributed by atoms with Crippen molar-refractivity contribution >= 4 is 22.0 Å². The van der Waals surface area contributed by atoms with Crippen LogP contribution in [0.15, 0.2) is 58.4 Å². The second-order valence-corrected chi connectivity index (χ2v) is 15.1. The fourth-order valence-corrected chi connectivity index (χ4v) is 8.95. The molecular weight excluding hydrogens is 586 g/mol. The molecule has 0 spiro atoms. The van der Waals surface area contributed by atoms with E-state index in [4.69, 9.17) is 9.73 Å². The van der Waals surface area contributed by atoms with Crippen molar-refractivity contribution in [3.8, 4) is 5.75 Å². The highest BCUT2D eigenvalue weighted by Gasteiger charge is 2.38. The van der Waals surface area contributed by atoms with E-state index < -0.39 is 27.6 Å². The number of carbonyl (C=O) groups is 1. The van der Waals surface area contributed by atoms with Crippen molar-refractivity contribution in [2.45, 2.75) is 89.7 Å². The predicted molar refractivity (Wildman–Crippen MR) is 176 cm³/mol. The number of nitrogens with one attached hydrogen (secondary N) is 1. The molecule has 0 aromatic heterocycles. The van der Waals surface area contributed by atoms with Gasteiger partial charge in [-0.25, -0.2) is 18.1 Å². The van der Waals surface area contributed by atoms with Crippen molar-refractivity contribution in [3.63, 3.8) is 0 Å². The molecular formula is C36H43N3O5S. The summed E-state index contributed by atoms with van der Waals surface area (Å²) < 4.78 is 38.3. The smallest absolute Gasteiger partial charge is 0.303 e. The van der Waals surface area contributed by atoms with Crippen LogP contribution in [0.2, 0.25) is 0 Å². The summed E-state index contributed by atoms with van der Waals surface area (Å²) in [6, 6.07) is 16.2. The molecule has 0 atom stereocenters. The maximum absolute atomic E-state index is 14.5. The molecule has 0 radical (unpaired) electrons. The second-order valence-electron chi connectivity index (χ2n) is 13.4. The van der Waals surface area contributed by atoms with E-state index in [1.165, 1.54) is 11.1 Å². The Labute approximate surface area is 266 Å². The summed E-state index contributed by atoms with van der Waals surface area (Å²) in [6.07, 6.45) is 3.80. The first-order valence-corrected chi connectivity index (χ1v) is 17.4. The molecule has 3 aliphatic rings. The highest BCUT2D eigenvalue weighted by Crippen LogP contribution is 2.44. The van der Waals surface area contributed by atoms with Gasteiger partial charge in [-0.15, -0.1) is 0 Å². The van der Waals surface area contributed by atoms with Gasteiger partial charge in [0, 0.05) is 31.5 Å². The lowest BCUT2D eigenvalue weighted by Crippen LogP contribution is -2.48. The summed E-state index contributed by atoms with van der Waals surface area (Å²) in [6.45, 7) is 10.7. The number of rotatable bonds is 5. The number of guanidine groups is 1. The molecule has 6 rings (SSSR count). The number of benzene rings is 3. The largest absolute Gasteiger partial charge is 0.487 e. The first-order chi connectivity index (χ1) is 21.3. The molecule has 1 aliphatic carbocycles. The van der Waals surface area contributed by atoms with E-state index in [0.717, 1.165) is 40.8 Å². The molecule has 0 saturated carbocycles. The summed E-state index contributed by atoms with van der Waals surface area (Å²) in [5.41, 5.74) is 7.27. The first kappa shape index (κ1) is 31.1. The van der Waals surface area contributed by atoms with E-state index >= 15 is 0 Å². The molecule has 8 nitrogen and oxygen atoms in total. The van der Waals surface area contributed by atoms with Gasteiger partial charge < -0.3 is 14.7 Å². The number of carboxylic acids is 1. The average Bonchev–Trinajstić information content (AvgIpc) is 3.24. The molecule has 3 aromatic carbocycles. The molecule has 2 heterocycles. The van der Waals surface area contributed by atoms with Crippen molar-refractivity contribution in [2.24, 2.45) is 10.9 Å². The number of fused-ring (bicyclic) bond motifs is 3. The van der Waals surface area contributed by atoms with Gasteiger partial charge in [0.1, 0.15) is 17.4 Å². The lowest BCUT2D eigenvalue weighted by Gasteiger charge is -2.34. The Morgan fingerprint density at radius 3 is 2.11 bits per heavy atom. The van der Waals surface area contributed by atoms with E-state index in [0.29, 0.717) is 49.4 Å². The maximum atomic E-state index is 14.5. The lowest BCUT2D eigenvalue weighted by atomic mass is 9.93. The molecule has 45 heavy (non-hydrogen) atoms. The minimum absolute atomic E-state index is 0.0446. The van der Waals surface area contributed by atoms with Crippen molar-refractivity contribution in [1.82, 2.24) is 9.62 Å². The monoisotopic (exact) mass is 629 g/mol. The van der Waals surface area contributed by atoms with Crippen LogP contribution in [0.25, 0.3) is 0 Å². The summed E-state index contributed by atoms with van der Waals surface area (Å²) in [4.78, 5) is 19.0. The van der Waals surface area contributed by atoms with Crippen LogP contribution in [0.3, 0.4) is 0 Å². The number of ether oxygens (including phenoxy) is 1. The molecule has 0 amide bonds. The van der Waals surface area contributed by atoms with Gasteiger partial charge in [-0.1, -0.05) is 48.5 Å². The Balaban J connectivity index is 1.46. The molecule has 2 N–H and O–H groups in total. The number of hydrogen-bond donors (Lipinski definition) is 2. The van der Waals surface area contributed by atoms with E-state index in [1.54, 1.807) is 0 Å². The van der Waals surface area contributed by atoms with Crippen LogP contribution in [-0.2, 0) is 34.1 Å². The Hall–Kier alpha value is -3.85. The standard InChI is InChI=1S/C36H43N3O5S/c1-22-23(2)34(24(3)30-21-36(4,5)44-33(22)30)45(42,43)38-35(39-18-16-25(17-19-39)20-31(40)41)37-32-28-12-8-6-10-26(28)14-15-27-11-7-9-13-29(27)32/h6-13,25,32H,14-21H2,1-5H3,(H,37,38)(H,40,41). The number of aliphatic imine (C=N–C) groups is 1. The zero-order chi connectivity index (χ0) is 32.1. The third-order valence-corrected chi connectivity index (χ3v) is 11.4. The number of aryl methyl sites for hydroxylation is 2. The zero-order valence-corrected chi connectivity index (χ0v) is 27.6. The molecule has 238 valence electrons. The third kappa shape index (κ3) is 6.07. The van der Waals surface area contributed by atoms with Gasteiger partial charge in [0.2, 0.25) is 5.96 Å². The SMILES string of the molecule is Cc1c(C)c(S(=O)(=O)NC(=NC2c3ccccc3CCc3ccccc32)N2CCC(CC(=O)O)CC2)c(C)c2c1OC(C)(C)C2. The topological polar surface area (TPSA) is 108 Å². The number of likely N-dealkylation sites (tertiary alicyclic amines) is 1. The van der Waals surface area contributed by atoms with Gasteiger partial charge in [0.05, 0.1) is 4.90 Å². The molecule has 0 unspecified atom stereocenters. The Bertz CT molecular complexity index is 1740. The van der Waals surface area contributed by atoms with E-state index in [-0.39, 0.29) is 17.2 Å². The van der Waals surface area contributed by atoms with E-state index in [2.05, 4.69) is 29.0 Å². The quantitative estimate of drug-likeness (QED) is 0.264. The van der Waals surface area contributed by atoms with Crippen LogP contribution in [0, 0.1) is 26.7 Å². The molecule has 0 bridgehead atoms. The second kappa shape index (κ2) is 11.8. The van der Waals surface area contributed by atoms with Crippen LogP contribution < -0.4 is 9.46 Å². The number of piperidine rings is 1. The Kier molecular flexibility index (Phi) is 8.18. The number of hydrogen-bond acceptors (Lipinski definition) is 5. The fourth-order valence-electron chi connectivity index (χ4n) is 7.34. The van der Waals surface area contributed by atoms with Crippen LogP contribution in [-0.4, -0.2) is 49.0 Å². The highest BCUT2D eigenvalue weighted by atomic mass is 32.2. The average molecular weight is 630 g/mol. The fraction of sp³-hybridized carbons (Fsp3) is 0.444. The van der Waals surface area contributed by atoms with Gasteiger partial charge in [-0.05, 0) is 105 Å². The van der Waals surface area contributed by atoms with E-state index in [1.807, 2.05) is 63.8 Å². The Morgan fingerprint density at radius 2 is 1.53 bits per heavy atom. The normalized spacial score (nSPS) is 18.4. The molecule has 9 heteroatoms. The van der Waals surface area contributed by atoms with Gasteiger partial charge >= 0.3 is 5.97 Å². The summed E-state index contributed by atoms with van der Waals surface area (Å²) in [7, 11) is -4.07. The lowest BCUT2D eigenvalue weighted by molar-refractivity contribution is -0.138. The van der Waals surface area contributed by atoms with Crippen LogP contribution in [0.4, 0.5) is 0 Å².